The molecular weight excluding hydrogens is 595 g/mol. The van der Waals surface area contributed by atoms with Gasteiger partial charge in [0.15, 0.2) is 0 Å². The van der Waals surface area contributed by atoms with Crippen molar-refractivity contribution in [3.8, 4) is 5.95 Å². The van der Waals surface area contributed by atoms with E-state index in [0.717, 1.165) is 6.07 Å². The molecule has 0 saturated carbocycles. The van der Waals surface area contributed by atoms with Crippen molar-refractivity contribution in [2.75, 3.05) is 12.4 Å². The molecule has 1 aliphatic rings. The highest BCUT2D eigenvalue weighted by Crippen LogP contribution is 2.36. The molecule has 2 N–H and O–H groups in total. The van der Waals surface area contributed by atoms with Gasteiger partial charge in [-0.2, -0.15) is 13.2 Å². The first kappa shape index (κ1) is 28.9. The van der Waals surface area contributed by atoms with E-state index >= 15 is 0 Å². The number of benzene rings is 1. The summed E-state index contributed by atoms with van der Waals surface area (Å²) in [7, 11) is 1.47. The summed E-state index contributed by atoms with van der Waals surface area (Å²) >= 11 is 2.89. The van der Waals surface area contributed by atoms with Crippen molar-refractivity contribution in [2.24, 2.45) is 0 Å². The second-order valence-corrected chi connectivity index (χ2v) is 10.1. The standard InChI is InChI=1S/C26H25BrF3N7O3/c1-5-13(2)34-25-35-20-12-36(22(39)15-6-7-19(27)18(9-15)26(28,29)30)14(3)8-17(20)23(40)37(25)24-32-10-16(11-33-24)21(38)31-4/h5-7,9-11,13-14H,1,8,12H2,2-4H3,(H,31,38)(H,34,35)/t13-,14-/m1/s1. The Morgan fingerprint density at radius 1 is 1.23 bits per heavy atom. The number of amides is 2. The minimum absolute atomic E-state index is 0.0209. The zero-order chi connectivity index (χ0) is 29.4. The van der Waals surface area contributed by atoms with Gasteiger partial charge >= 0.3 is 6.18 Å². The van der Waals surface area contributed by atoms with Gasteiger partial charge in [-0.1, -0.05) is 22.0 Å². The van der Waals surface area contributed by atoms with Crippen LogP contribution >= 0.6 is 15.9 Å². The molecule has 4 rings (SSSR count). The van der Waals surface area contributed by atoms with E-state index in [0.29, 0.717) is 11.3 Å². The molecule has 40 heavy (non-hydrogen) atoms. The zero-order valence-electron chi connectivity index (χ0n) is 21.7. The number of fused-ring (bicyclic) bond motifs is 1. The van der Waals surface area contributed by atoms with Crippen molar-refractivity contribution in [2.45, 2.75) is 45.1 Å². The van der Waals surface area contributed by atoms with Gasteiger partial charge in [0, 0.05) is 47.1 Å². The van der Waals surface area contributed by atoms with Gasteiger partial charge in [0.25, 0.3) is 17.4 Å². The first-order valence-corrected chi connectivity index (χ1v) is 12.9. The molecule has 3 aromatic rings. The van der Waals surface area contributed by atoms with Crippen molar-refractivity contribution >= 4 is 33.7 Å². The summed E-state index contributed by atoms with van der Waals surface area (Å²) in [6.07, 6.45) is -0.391. The maximum absolute atomic E-state index is 13.7. The SMILES string of the molecule is C=C[C@@H](C)Nc1nc2c(c(=O)n1-c1ncc(C(=O)NC)cn1)C[C@@H](C)N(C(=O)c1ccc(Br)c(C(F)(F)F)c1)C2. The first-order chi connectivity index (χ1) is 18.8. The van der Waals surface area contributed by atoms with Crippen LogP contribution in [0, 0.1) is 0 Å². The summed E-state index contributed by atoms with van der Waals surface area (Å²) in [5, 5.41) is 5.52. The minimum Gasteiger partial charge on any atom is -0.355 e. The molecule has 0 fully saturated rings. The third kappa shape index (κ3) is 5.62. The van der Waals surface area contributed by atoms with Crippen LogP contribution in [0.25, 0.3) is 5.95 Å². The number of carbonyl (C=O) groups is 2. The summed E-state index contributed by atoms with van der Waals surface area (Å²) in [4.78, 5) is 53.3. The third-order valence-corrected chi connectivity index (χ3v) is 7.12. The first-order valence-electron chi connectivity index (χ1n) is 12.1. The molecule has 1 aliphatic heterocycles. The van der Waals surface area contributed by atoms with Gasteiger partial charge in [-0.3, -0.25) is 14.4 Å². The van der Waals surface area contributed by atoms with Crippen molar-refractivity contribution in [1.29, 1.82) is 0 Å². The Labute approximate surface area is 235 Å². The molecule has 0 unspecified atom stereocenters. The normalized spacial score (nSPS) is 15.7. The second kappa shape index (κ2) is 11.2. The maximum Gasteiger partial charge on any atom is 0.417 e. The number of anilines is 1. The highest BCUT2D eigenvalue weighted by atomic mass is 79.9. The number of rotatable bonds is 6. The molecule has 210 valence electrons. The highest BCUT2D eigenvalue weighted by molar-refractivity contribution is 9.10. The molecule has 0 radical (unpaired) electrons. The van der Waals surface area contributed by atoms with Crippen molar-refractivity contribution in [1.82, 2.24) is 29.7 Å². The molecule has 0 saturated heterocycles. The summed E-state index contributed by atoms with van der Waals surface area (Å²) in [6.45, 7) is 7.11. The molecule has 0 spiro atoms. The van der Waals surface area contributed by atoms with Gasteiger partial charge in [0.1, 0.15) is 0 Å². The largest absolute Gasteiger partial charge is 0.417 e. The number of alkyl halides is 3. The summed E-state index contributed by atoms with van der Waals surface area (Å²) < 4.78 is 41.3. The number of aromatic nitrogens is 4. The zero-order valence-corrected chi connectivity index (χ0v) is 23.3. The molecule has 1 aromatic carbocycles. The molecule has 0 bridgehead atoms. The second-order valence-electron chi connectivity index (χ2n) is 9.20. The van der Waals surface area contributed by atoms with E-state index in [1.807, 2.05) is 0 Å². The quantitative estimate of drug-likeness (QED) is 0.403. The van der Waals surface area contributed by atoms with Gasteiger partial charge in [0.05, 0.1) is 23.4 Å². The number of hydrogen-bond donors (Lipinski definition) is 2. The van der Waals surface area contributed by atoms with Gasteiger partial charge < -0.3 is 15.5 Å². The molecule has 14 heteroatoms. The average Bonchev–Trinajstić information content (AvgIpc) is 2.92. The average molecular weight is 620 g/mol. The Balaban J connectivity index is 1.76. The molecule has 10 nitrogen and oxygen atoms in total. The fraction of sp³-hybridized carbons (Fsp3) is 0.308. The third-order valence-electron chi connectivity index (χ3n) is 6.43. The van der Waals surface area contributed by atoms with Crippen LogP contribution < -0.4 is 16.2 Å². The maximum atomic E-state index is 13.7. The molecule has 2 aromatic heterocycles. The lowest BCUT2D eigenvalue weighted by Gasteiger charge is -2.34. The fourth-order valence-electron chi connectivity index (χ4n) is 4.22. The summed E-state index contributed by atoms with van der Waals surface area (Å²) in [5.74, 6) is -0.960. The monoisotopic (exact) mass is 619 g/mol. The Kier molecular flexibility index (Phi) is 8.10. The number of nitrogens with one attached hydrogen (secondary N) is 2. The van der Waals surface area contributed by atoms with E-state index in [9.17, 15) is 27.6 Å². The van der Waals surface area contributed by atoms with Crippen molar-refractivity contribution < 1.29 is 22.8 Å². The van der Waals surface area contributed by atoms with Crippen LogP contribution in [0.3, 0.4) is 0 Å². The van der Waals surface area contributed by atoms with Crippen molar-refractivity contribution in [3.05, 3.63) is 86.0 Å². The summed E-state index contributed by atoms with van der Waals surface area (Å²) in [6, 6.07) is 2.45. The highest BCUT2D eigenvalue weighted by Gasteiger charge is 2.36. The Morgan fingerprint density at radius 2 is 1.90 bits per heavy atom. The lowest BCUT2D eigenvalue weighted by atomic mass is 9.98. The van der Waals surface area contributed by atoms with E-state index in [-0.39, 0.29) is 46.5 Å². The van der Waals surface area contributed by atoms with Gasteiger partial charge in [-0.15, -0.1) is 6.58 Å². The minimum atomic E-state index is -4.65. The van der Waals surface area contributed by atoms with Gasteiger partial charge in [-0.25, -0.2) is 19.5 Å². The number of carbonyl (C=O) groups excluding carboxylic acids is 2. The van der Waals surface area contributed by atoms with E-state index in [4.69, 9.17) is 0 Å². The Morgan fingerprint density at radius 3 is 2.50 bits per heavy atom. The fourth-order valence-corrected chi connectivity index (χ4v) is 4.69. The van der Waals surface area contributed by atoms with Crippen LogP contribution in [0.5, 0.6) is 0 Å². The van der Waals surface area contributed by atoms with Crippen LogP contribution in [0.4, 0.5) is 19.1 Å². The van der Waals surface area contributed by atoms with Crippen molar-refractivity contribution in [3.63, 3.8) is 0 Å². The molecular formula is C26H25BrF3N7O3. The van der Waals surface area contributed by atoms with E-state index < -0.39 is 35.2 Å². The molecule has 3 heterocycles. The van der Waals surface area contributed by atoms with E-state index in [2.05, 4.69) is 48.1 Å². The Hall–Kier alpha value is -4.07. The molecule has 2 amide bonds. The van der Waals surface area contributed by atoms with Crippen LogP contribution in [-0.2, 0) is 19.1 Å². The molecule has 2 atom stereocenters. The predicted octanol–water partition coefficient (Wildman–Crippen LogP) is 3.74. The van der Waals surface area contributed by atoms with Crippen LogP contribution in [-0.4, -0.2) is 55.4 Å². The number of hydrogen-bond acceptors (Lipinski definition) is 7. The van der Waals surface area contributed by atoms with Crippen LogP contribution in [0.1, 0.15) is 51.4 Å². The van der Waals surface area contributed by atoms with Gasteiger partial charge in [0.2, 0.25) is 11.9 Å². The lowest BCUT2D eigenvalue weighted by Crippen LogP contribution is -2.46. The topological polar surface area (TPSA) is 122 Å². The van der Waals surface area contributed by atoms with E-state index in [1.165, 1.54) is 41.0 Å². The summed E-state index contributed by atoms with van der Waals surface area (Å²) in [5.41, 5.74) is -0.762. The smallest absolute Gasteiger partial charge is 0.355 e. The van der Waals surface area contributed by atoms with Gasteiger partial charge in [-0.05, 0) is 38.5 Å². The predicted molar refractivity (Wildman–Crippen MR) is 144 cm³/mol. The van der Waals surface area contributed by atoms with Crippen LogP contribution in [0.2, 0.25) is 0 Å². The number of halogens is 4. The number of nitrogens with zero attached hydrogens (tertiary/aromatic N) is 5. The lowest BCUT2D eigenvalue weighted by molar-refractivity contribution is -0.138. The molecule has 0 aliphatic carbocycles. The Bertz CT molecular complexity index is 1540. The van der Waals surface area contributed by atoms with E-state index in [1.54, 1.807) is 19.9 Å². The van der Waals surface area contributed by atoms with Crippen LogP contribution in [0.15, 0.2) is 52.5 Å².